The molecule has 0 amide bonds. The first-order chi connectivity index (χ1) is 8.54. The zero-order chi connectivity index (χ0) is 14.8. The van der Waals surface area contributed by atoms with E-state index in [1.54, 1.807) is 4.57 Å². The van der Waals surface area contributed by atoms with Gasteiger partial charge < -0.3 is 4.57 Å². The quantitative estimate of drug-likeness (QED) is 0.890. The van der Waals surface area contributed by atoms with Crippen LogP contribution in [0.3, 0.4) is 0 Å². The molecule has 1 rings (SSSR count). The lowest BCUT2D eigenvalue weighted by molar-refractivity contribution is 0.301. The predicted octanol–water partition coefficient (Wildman–Crippen LogP) is 1.56. The fourth-order valence-corrected chi connectivity index (χ4v) is 3.12. The number of aromatic nitrogens is 3. The summed E-state index contributed by atoms with van der Waals surface area (Å²) >= 11 is 0. The summed E-state index contributed by atoms with van der Waals surface area (Å²) in [5.74, 6) is 1.09. The van der Waals surface area contributed by atoms with E-state index in [1.165, 1.54) is 0 Å². The third-order valence-corrected chi connectivity index (χ3v) is 3.67. The Balaban J connectivity index is 2.94. The monoisotopic (exact) mass is 288 g/mol. The van der Waals surface area contributed by atoms with Crippen molar-refractivity contribution < 1.29 is 8.42 Å². The highest BCUT2D eigenvalue weighted by molar-refractivity contribution is 7.89. The van der Waals surface area contributed by atoms with Gasteiger partial charge in [0.1, 0.15) is 5.82 Å². The van der Waals surface area contributed by atoms with Crippen molar-refractivity contribution in [3.05, 3.63) is 5.82 Å². The Kier molecular flexibility index (Phi) is 4.73. The van der Waals surface area contributed by atoms with Crippen molar-refractivity contribution in [3.8, 4) is 0 Å². The van der Waals surface area contributed by atoms with Gasteiger partial charge in [-0.3, -0.25) is 0 Å². The number of nitrogens with two attached hydrogens (primary N) is 1. The van der Waals surface area contributed by atoms with Gasteiger partial charge in [-0.15, -0.1) is 10.2 Å². The maximum Gasteiger partial charge on any atom is 0.273 e. The number of hydrogen-bond donors (Lipinski definition) is 1. The van der Waals surface area contributed by atoms with Crippen molar-refractivity contribution in [2.75, 3.05) is 0 Å². The molecule has 0 radical (unpaired) electrons. The molecular formula is C12H24N4O2S. The number of rotatable bonds is 5. The first-order valence-corrected chi connectivity index (χ1v) is 8.04. The Labute approximate surface area is 115 Å². The second-order valence-electron chi connectivity index (χ2n) is 6.26. The molecular weight excluding hydrogens is 264 g/mol. The summed E-state index contributed by atoms with van der Waals surface area (Å²) < 4.78 is 24.4. The Morgan fingerprint density at radius 3 is 2.32 bits per heavy atom. The Morgan fingerprint density at radius 1 is 1.32 bits per heavy atom. The van der Waals surface area contributed by atoms with Crippen LogP contribution >= 0.6 is 0 Å². The number of nitrogens with zero attached hydrogens (tertiary/aromatic N) is 3. The van der Waals surface area contributed by atoms with E-state index < -0.39 is 10.0 Å². The maximum absolute atomic E-state index is 11.4. The highest BCUT2D eigenvalue weighted by Gasteiger charge is 2.22. The second kappa shape index (κ2) is 5.58. The molecule has 6 nitrogen and oxygen atoms in total. The third-order valence-electron chi connectivity index (χ3n) is 2.86. The summed E-state index contributed by atoms with van der Waals surface area (Å²) in [4.78, 5) is 0. The lowest BCUT2D eigenvalue weighted by atomic mass is 9.84. The standard InChI is InChI=1S/C12H24N4O2S/c1-6-16-10(7-9(2)8-12(3,4)5)14-15-11(16)19(13,17)18/h9H,6-8H2,1-5H3,(H2,13,17,18). The van der Waals surface area contributed by atoms with Gasteiger partial charge in [0, 0.05) is 13.0 Å². The van der Waals surface area contributed by atoms with E-state index in [0.717, 1.165) is 6.42 Å². The molecule has 0 aliphatic carbocycles. The van der Waals surface area contributed by atoms with Crippen LogP contribution in [-0.4, -0.2) is 23.2 Å². The van der Waals surface area contributed by atoms with Crippen LogP contribution in [0.25, 0.3) is 0 Å². The van der Waals surface area contributed by atoms with E-state index >= 15 is 0 Å². The molecule has 1 unspecified atom stereocenters. The molecule has 1 aromatic heterocycles. The minimum Gasteiger partial charge on any atom is -0.301 e. The summed E-state index contributed by atoms with van der Waals surface area (Å²) in [6.45, 7) is 11.0. The van der Waals surface area contributed by atoms with E-state index in [2.05, 4.69) is 37.9 Å². The highest BCUT2D eigenvalue weighted by atomic mass is 32.2. The van der Waals surface area contributed by atoms with Gasteiger partial charge in [-0.05, 0) is 24.7 Å². The molecule has 1 atom stereocenters. The second-order valence-corrected chi connectivity index (χ2v) is 7.72. The maximum atomic E-state index is 11.4. The average Bonchev–Trinajstić information content (AvgIpc) is 2.56. The van der Waals surface area contributed by atoms with Crippen molar-refractivity contribution in [2.24, 2.45) is 16.5 Å². The van der Waals surface area contributed by atoms with Gasteiger partial charge in [0.05, 0.1) is 0 Å². The molecule has 0 bridgehead atoms. The van der Waals surface area contributed by atoms with Crippen LogP contribution in [0.2, 0.25) is 0 Å². The van der Waals surface area contributed by atoms with E-state index in [0.29, 0.717) is 24.7 Å². The number of hydrogen-bond acceptors (Lipinski definition) is 4. The number of primary sulfonamides is 1. The Hall–Kier alpha value is -0.950. The molecule has 0 fully saturated rings. The van der Waals surface area contributed by atoms with Crippen molar-refractivity contribution in [1.82, 2.24) is 14.8 Å². The topological polar surface area (TPSA) is 90.9 Å². The third kappa shape index (κ3) is 4.58. The molecule has 1 heterocycles. The van der Waals surface area contributed by atoms with Crippen LogP contribution in [0.15, 0.2) is 5.16 Å². The highest BCUT2D eigenvalue weighted by Crippen LogP contribution is 2.26. The van der Waals surface area contributed by atoms with Crippen molar-refractivity contribution in [1.29, 1.82) is 0 Å². The normalized spacial score (nSPS) is 14.6. The van der Waals surface area contributed by atoms with Crippen LogP contribution in [0.4, 0.5) is 0 Å². The van der Waals surface area contributed by atoms with E-state index in [-0.39, 0.29) is 10.6 Å². The molecule has 0 aliphatic rings. The summed E-state index contributed by atoms with van der Waals surface area (Å²) in [7, 11) is -3.81. The van der Waals surface area contributed by atoms with Crippen molar-refractivity contribution in [3.63, 3.8) is 0 Å². The molecule has 1 aromatic rings. The molecule has 0 spiro atoms. The summed E-state index contributed by atoms with van der Waals surface area (Å²) in [5, 5.41) is 12.7. The first-order valence-electron chi connectivity index (χ1n) is 6.49. The summed E-state index contributed by atoms with van der Waals surface area (Å²) in [6, 6.07) is 0. The van der Waals surface area contributed by atoms with Crippen LogP contribution in [0, 0.1) is 11.3 Å². The van der Waals surface area contributed by atoms with E-state index in [9.17, 15) is 8.42 Å². The van der Waals surface area contributed by atoms with Crippen LogP contribution < -0.4 is 5.14 Å². The Bertz CT molecular complexity index is 528. The summed E-state index contributed by atoms with van der Waals surface area (Å²) in [6.07, 6.45) is 1.74. The van der Waals surface area contributed by atoms with Gasteiger partial charge in [0.15, 0.2) is 0 Å². The van der Waals surface area contributed by atoms with Crippen LogP contribution in [0.1, 0.15) is 46.9 Å². The van der Waals surface area contributed by atoms with Crippen molar-refractivity contribution in [2.45, 2.75) is 59.2 Å². The fourth-order valence-electron chi connectivity index (χ4n) is 2.43. The van der Waals surface area contributed by atoms with E-state index in [1.807, 2.05) is 6.92 Å². The average molecular weight is 288 g/mol. The SMILES string of the molecule is CCn1c(CC(C)CC(C)(C)C)nnc1S(N)(=O)=O. The molecule has 0 saturated carbocycles. The minimum atomic E-state index is -3.81. The molecule has 2 N–H and O–H groups in total. The first kappa shape index (κ1) is 16.1. The molecule has 0 aliphatic heterocycles. The Morgan fingerprint density at radius 2 is 1.89 bits per heavy atom. The van der Waals surface area contributed by atoms with Gasteiger partial charge in [-0.2, -0.15) is 0 Å². The molecule has 19 heavy (non-hydrogen) atoms. The van der Waals surface area contributed by atoms with Crippen molar-refractivity contribution >= 4 is 10.0 Å². The lowest BCUT2D eigenvalue weighted by Crippen LogP contribution is -2.20. The van der Waals surface area contributed by atoms with Gasteiger partial charge >= 0.3 is 0 Å². The fraction of sp³-hybridized carbons (Fsp3) is 0.833. The zero-order valence-corrected chi connectivity index (χ0v) is 13.2. The smallest absolute Gasteiger partial charge is 0.273 e. The van der Waals surface area contributed by atoms with Gasteiger partial charge in [0.25, 0.3) is 15.2 Å². The van der Waals surface area contributed by atoms with Gasteiger partial charge in [-0.1, -0.05) is 27.7 Å². The van der Waals surface area contributed by atoms with Crippen LogP contribution in [0.5, 0.6) is 0 Å². The molecule has 7 heteroatoms. The largest absolute Gasteiger partial charge is 0.301 e. The predicted molar refractivity (Wildman–Crippen MR) is 74.0 cm³/mol. The summed E-state index contributed by atoms with van der Waals surface area (Å²) in [5.41, 5.74) is 0.235. The molecule has 0 saturated heterocycles. The van der Waals surface area contributed by atoms with Gasteiger partial charge in [-0.25, -0.2) is 13.6 Å². The van der Waals surface area contributed by atoms with Gasteiger partial charge in [0.2, 0.25) is 0 Å². The number of sulfonamides is 1. The van der Waals surface area contributed by atoms with Crippen LogP contribution in [-0.2, 0) is 23.0 Å². The molecule has 110 valence electrons. The minimum absolute atomic E-state index is 0.145. The molecule has 0 aromatic carbocycles. The lowest BCUT2D eigenvalue weighted by Gasteiger charge is -2.23. The van der Waals surface area contributed by atoms with E-state index in [4.69, 9.17) is 5.14 Å². The zero-order valence-electron chi connectivity index (χ0n) is 12.3.